The molecule has 0 radical (unpaired) electrons. The van der Waals surface area contributed by atoms with E-state index < -0.39 is 12.5 Å². The Hall–Kier alpha value is -3.14. The number of halogens is 2. The first kappa shape index (κ1) is 16.7. The number of thiazole rings is 1. The molecular formula is C15H11F2N5O2S. The molecule has 0 saturated carbocycles. The molecule has 2 N–H and O–H groups in total. The van der Waals surface area contributed by atoms with E-state index in [1.165, 1.54) is 29.5 Å². The first-order valence-electron chi connectivity index (χ1n) is 6.96. The van der Waals surface area contributed by atoms with E-state index in [0.29, 0.717) is 16.8 Å². The molecule has 0 aliphatic carbocycles. The van der Waals surface area contributed by atoms with Gasteiger partial charge in [0.05, 0.1) is 0 Å². The Morgan fingerprint density at radius 2 is 2.00 bits per heavy atom. The molecule has 2 heterocycles. The zero-order valence-electron chi connectivity index (χ0n) is 12.5. The van der Waals surface area contributed by atoms with Crippen LogP contribution in [0.4, 0.5) is 25.5 Å². The normalized spacial score (nSPS) is 10.5. The monoisotopic (exact) mass is 363 g/mol. The molecule has 0 aliphatic heterocycles. The number of carbonyl (C=O) groups excluding carboxylic acids is 1. The minimum absolute atomic E-state index is 0.0466. The Bertz CT molecular complexity index is 860. The van der Waals surface area contributed by atoms with E-state index in [-0.39, 0.29) is 11.4 Å². The van der Waals surface area contributed by atoms with Crippen LogP contribution in [-0.2, 0) is 0 Å². The number of hydrogen-bond donors (Lipinski definition) is 2. The van der Waals surface area contributed by atoms with Crippen LogP contribution in [-0.4, -0.2) is 27.5 Å². The van der Waals surface area contributed by atoms with Crippen molar-refractivity contribution in [2.45, 2.75) is 6.61 Å². The van der Waals surface area contributed by atoms with Crippen LogP contribution in [0.15, 0.2) is 48.1 Å². The molecule has 10 heteroatoms. The first-order valence-corrected chi connectivity index (χ1v) is 7.84. The highest BCUT2D eigenvalue weighted by Crippen LogP contribution is 2.22. The molecule has 25 heavy (non-hydrogen) atoms. The smallest absolute Gasteiger partial charge is 0.387 e. The van der Waals surface area contributed by atoms with E-state index in [1.807, 2.05) is 0 Å². The number of ether oxygens (including phenoxy) is 1. The minimum Gasteiger partial charge on any atom is -0.435 e. The van der Waals surface area contributed by atoms with Gasteiger partial charge in [-0.2, -0.15) is 8.78 Å². The van der Waals surface area contributed by atoms with Crippen LogP contribution in [0.2, 0.25) is 0 Å². The number of hydrogen-bond acceptors (Lipinski definition) is 7. The molecule has 0 unspecified atom stereocenters. The number of rotatable bonds is 6. The molecule has 0 spiro atoms. The number of nitrogens with one attached hydrogen (secondary N) is 2. The molecule has 7 nitrogen and oxygen atoms in total. The standard InChI is InChI=1S/C15H11F2N5O2S/c16-13(17)24-10-4-1-3-9(7-10)20-12(23)11-8-25-15(21-11)22-14-18-5-2-6-19-14/h1-8,13H,(H,20,23)(H,18,19,21,22). The van der Waals surface area contributed by atoms with Gasteiger partial charge in [0.1, 0.15) is 11.4 Å². The Morgan fingerprint density at radius 1 is 1.20 bits per heavy atom. The highest BCUT2D eigenvalue weighted by Gasteiger charge is 2.12. The van der Waals surface area contributed by atoms with Crippen LogP contribution in [0.5, 0.6) is 5.75 Å². The van der Waals surface area contributed by atoms with Gasteiger partial charge in [0.15, 0.2) is 5.13 Å². The maximum Gasteiger partial charge on any atom is 0.387 e. The van der Waals surface area contributed by atoms with Crippen molar-refractivity contribution in [1.29, 1.82) is 0 Å². The SMILES string of the molecule is O=C(Nc1cccc(OC(F)F)c1)c1csc(Nc2ncccn2)n1. The fourth-order valence-corrected chi connectivity index (χ4v) is 2.52. The first-order chi connectivity index (χ1) is 12.1. The second-order valence-corrected chi connectivity index (χ2v) is 5.45. The molecule has 1 aromatic carbocycles. The van der Waals surface area contributed by atoms with Crippen molar-refractivity contribution in [3.05, 3.63) is 53.8 Å². The van der Waals surface area contributed by atoms with Crippen LogP contribution in [0.3, 0.4) is 0 Å². The highest BCUT2D eigenvalue weighted by molar-refractivity contribution is 7.14. The largest absolute Gasteiger partial charge is 0.435 e. The van der Waals surface area contributed by atoms with Gasteiger partial charge in [0.25, 0.3) is 5.91 Å². The fraction of sp³-hybridized carbons (Fsp3) is 0.0667. The third-order valence-corrected chi connectivity index (χ3v) is 3.60. The summed E-state index contributed by atoms with van der Waals surface area (Å²) in [5.41, 5.74) is 0.487. The van der Waals surface area contributed by atoms with E-state index in [2.05, 4.69) is 30.3 Å². The van der Waals surface area contributed by atoms with Gasteiger partial charge in [-0.25, -0.2) is 15.0 Å². The number of alkyl halides is 2. The van der Waals surface area contributed by atoms with Gasteiger partial charge in [-0.3, -0.25) is 4.79 Å². The van der Waals surface area contributed by atoms with Crippen molar-refractivity contribution in [3.8, 4) is 5.75 Å². The predicted octanol–water partition coefficient (Wildman–Crippen LogP) is 3.53. The van der Waals surface area contributed by atoms with E-state index in [1.54, 1.807) is 29.9 Å². The summed E-state index contributed by atoms with van der Waals surface area (Å²) in [7, 11) is 0. The topological polar surface area (TPSA) is 89.0 Å². The van der Waals surface area contributed by atoms with Crippen LogP contribution in [0, 0.1) is 0 Å². The third kappa shape index (κ3) is 4.67. The molecule has 0 bridgehead atoms. The van der Waals surface area contributed by atoms with Gasteiger partial charge in [-0.15, -0.1) is 11.3 Å². The van der Waals surface area contributed by atoms with Crippen LogP contribution < -0.4 is 15.4 Å². The number of amides is 1. The van der Waals surface area contributed by atoms with Crippen molar-refractivity contribution < 1.29 is 18.3 Å². The minimum atomic E-state index is -2.93. The zero-order chi connectivity index (χ0) is 17.6. The lowest BCUT2D eigenvalue weighted by molar-refractivity contribution is -0.0497. The third-order valence-electron chi connectivity index (χ3n) is 2.84. The average molecular weight is 363 g/mol. The van der Waals surface area contributed by atoms with Crippen LogP contribution in [0.1, 0.15) is 10.5 Å². The number of nitrogens with zero attached hydrogens (tertiary/aromatic N) is 3. The van der Waals surface area contributed by atoms with Crippen molar-refractivity contribution in [3.63, 3.8) is 0 Å². The summed E-state index contributed by atoms with van der Waals surface area (Å²) in [6.07, 6.45) is 3.15. The zero-order valence-corrected chi connectivity index (χ0v) is 13.3. The highest BCUT2D eigenvalue weighted by atomic mass is 32.1. The van der Waals surface area contributed by atoms with E-state index in [4.69, 9.17) is 0 Å². The molecule has 0 aliphatic rings. The number of aromatic nitrogens is 3. The number of carbonyl (C=O) groups is 1. The Kier molecular flexibility index (Phi) is 5.09. The van der Waals surface area contributed by atoms with Crippen LogP contribution >= 0.6 is 11.3 Å². The Morgan fingerprint density at radius 3 is 2.76 bits per heavy atom. The molecule has 2 aromatic heterocycles. The summed E-state index contributed by atoms with van der Waals surface area (Å²) >= 11 is 1.21. The van der Waals surface area contributed by atoms with E-state index in [0.717, 1.165) is 0 Å². The number of anilines is 3. The van der Waals surface area contributed by atoms with E-state index >= 15 is 0 Å². The second-order valence-electron chi connectivity index (χ2n) is 4.60. The molecule has 1 amide bonds. The molecule has 3 rings (SSSR count). The van der Waals surface area contributed by atoms with Crippen molar-refractivity contribution >= 4 is 34.0 Å². The second kappa shape index (κ2) is 7.62. The van der Waals surface area contributed by atoms with E-state index in [9.17, 15) is 13.6 Å². The lowest BCUT2D eigenvalue weighted by atomic mass is 10.3. The predicted molar refractivity (Wildman–Crippen MR) is 88.5 cm³/mol. The van der Waals surface area contributed by atoms with Gasteiger partial charge in [0.2, 0.25) is 5.95 Å². The lowest BCUT2D eigenvalue weighted by Crippen LogP contribution is -2.12. The molecule has 128 valence electrons. The summed E-state index contributed by atoms with van der Waals surface area (Å²) in [6, 6.07) is 7.39. The molecular weight excluding hydrogens is 352 g/mol. The lowest BCUT2D eigenvalue weighted by Gasteiger charge is -2.07. The quantitative estimate of drug-likeness (QED) is 0.696. The summed E-state index contributed by atoms with van der Waals surface area (Å²) in [6.45, 7) is -2.93. The van der Waals surface area contributed by atoms with Crippen LogP contribution in [0.25, 0.3) is 0 Å². The maximum absolute atomic E-state index is 12.2. The van der Waals surface area contributed by atoms with Gasteiger partial charge < -0.3 is 15.4 Å². The van der Waals surface area contributed by atoms with Gasteiger partial charge in [0, 0.05) is 29.5 Å². The Balaban J connectivity index is 1.66. The Labute approximate surface area is 144 Å². The van der Waals surface area contributed by atoms with Gasteiger partial charge >= 0.3 is 6.61 Å². The summed E-state index contributed by atoms with van der Waals surface area (Å²) in [5, 5.41) is 7.45. The maximum atomic E-state index is 12.2. The molecule has 0 fully saturated rings. The molecule has 3 aromatic rings. The average Bonchev–Trinajstić information content (AvgIpc) is 3.04. The van der Waals surface area contributed by atoms with Crippen molar-refractivity contribution in [2.75, 3.05) is 10.6 Å². The summed E-state index contributed by atoms with van der Waals surface area (Å²) < 4.78 is 28.7. The van der Waals surface area contributed by atoms with Gasteiger partial charge in [-0.1, -0.05) is 6.07 Å². The number of benzene rings is 1. The van der Waals surface area contributed by atoms with Crippen molar-refractivity contribution in [1.82, 2.24) is 15.0 Å². The van der Waals surface area contributed by atoms with Gasteiger partial charge in [-0.05, 0) is 18.2 Å². The fourth-order valence-electron chi connectivity index (χ4n) is 1.84. The molecule has 0 saturated heterocycles. The summed E-state index contributed by atoms with van der Waals surface area (Å²) in [5.74, 6) is -0.164. The van der Waals surface area contributed by atoms with Crippen molar-refractivity contribution in [2.24, 2.45) is 0 Å². The summed E-state index contributed by atoms with van der Waals surface area (Å²) in [4.78, 5) is 24.3. The molecule has 0 atom stereocenters.